The quantitative estimate of drug-likeness (QED) is 0.618. The van der Waals surface area contributed by atoms with E-state index < -0.39 is 18.0 Å². The number of hydrogen-bond acceptors (Lipinski definition) is 2. The lowest BCUT2D eigenvalue weighted by molar-refractivity contribution is -0.144. The molecular weight excluding hydrogens is 132 g/mol. The maximum Gasteiger partial charge on any atom is 0.308 e. The van der Waals surface area contributed by atoms with E-state index in [1.165, 1.54) is 6.92 Å². The zero-order chi connectivity index (χ0) is 8.15. The summed E-state index contributed by atoms with van der Waals surface area (Å²) < 4.78 is 0. The van der Waals surface area contributed by atoms with E-state index in [9.17, 15) is 4.79 Å². The summed E-state index contributed by atoms with van der Waals surface area (Å²) in [6.45, 7) is 3.43. The Kier molecular flexibility index (Phi) is 4.03. The van der Waals surface area contributed by atoms with Crippen molar-refractivity contribution in [1.29, 1.82) is 0 Å². The molecule has 0 saturated heterocycles. The van der Waals surface area contributed by atoms with Gasteiger partial charge in [0, 0.05) is 0 Å². The second-order valence-electron chi connectivity index (χ2n) is 2.48. The Morgan fingerprint density at radius 2 is 2.10 bits per heavy atom. The van der Waals surface area contributed by atoms with Gasteiger partial charge in [-0.05, 0) is 13.3 Å². The van der Waals surface area contributed by atoms with Gasteiger partial charge in [-0.3, -0.25) is 4.79 Å². The summed E-state index contributed by atoms with van der Waals surface area (Å²) in [6.07, 6.45) is 0.689. The first kappa shape index (κ1) is 9.43. The maximum atomic E-state index is 10.3. The number of rotatable bonds is 4. The molecule has 0 spiro atoms. The van der Waals surface area contributed by atoms with E-state index in [-0.39, 0.29) is 0 Å². The second-order valence-corrected chi connectivity index (χ2v) is 2.48. The van der Waals surface area contributed by atoms with Gasteiger partial charge in [0.25, 0.3) is 0 Å². The highest BCUT2D eigenvalue weighted by Gasteiger charge is 2.19. The SMILES string of the molecule is CCC[C@@H](O)[C@@H](C)C(=O)O. The number of carbonyl (C=O) groups is 1. The van der Waals surface area contributed by atoms with Crippen LogP contribution in [0.3, 0.4) is 0 Å². The molecule has 3 nitrogen and oxygen atoms in total. The maximum absolute atomic E-state index is 10.3. The van der Waals surface area contributed by atoms with Crippen LogP contribution in [0.1, 0.15) is 26.7 Å². The third-order valence-corrected chi connectivity index (χ3v) is 1.55. The fourth-order valence-corrected chi connectivity index (χ4v) is 0.710. The van der Waals surface area contributed by atoms with Crippen LogP contribution in [0.25, 0.3) is 0 Å². The average molecular weight is 146 g/mol. The summed E-state index contributed by atoms with van der Waals surface area (Å²) in [7, 11) is 0. The predicted molar refractivity (Wildman–Crippen MR) is 37.7 cm³/mol. The van der Waals surface area contributed by atoms with Gasteiger partial charge in [0.2, 0.25) is 0 Å². The minimum Gasteiger partial charge on any atom is -0.481 e. The molecule has 2 atom stereocenters. The first-order valence-electron chi connectivity index (χ1n) is 3.50. The van der Waals surface area contributed by atoms with Gasteiger partial charge in [0.15, 0.2) is 0 Å². The third-order valence-electron chi connectivity index (χ3n) is 1.55. The lowest BCUT2D eigenvalue weighted by atomic mass is 10.0. The molecule has 60 valence electrons. The molecule has 0 rings (SSSR count). The third kappa shape index (κ3) is 2.82. The molecule has 3 heteroatoms. The summed E-state index contributed by atoms with van der Waals surface area (Å²) in [5, 5.41) is 17.5. The Balaban J connectivity index is 3.69. The molecule has 0 heterocycles. The van der Waals surface area contributed by atoms with Crippen LogP contribution < -0.4 is 0 Å². The van der Waals surface area contributed by atoms with E-state index in [1.807, 2.05) is 6.92 Å². The highest BCUT2D eigenvalue weighted by molar-refractivity contribution is 5.70. The van der Waals surface area contributed by atoms with Gasteiger partial charge in [-0.15, -0.1) is 0 Å². The van der Waals surface area contributed by atoms with Crippen LogP contribution >= 0.6 is 0 Å². The standard InChI is InChI=1S/C7H14O3/c1-3-4-6(8)5(2)7(9)10/h5-6,8H,3-4H2,1-2H3,(H,9,10)/t5-,6-/m1/s1. The van der Waals surface area contributed by atoms with Gasteiger partial charge in [-0.1, -0.05) is 13.3 Å². The van der Waals surface area contributed by atoms with Crippen molar-refractivity contribution in [2.45, 2.75) is 32.8 Å². The van der Waals surface area contributed by atoms with Crippen molar-refractivity contribution in [1.82, 2.24) is 0 Å². The van der Waals surface area contributed by atoms with E-state index in [0.29, 0.717) is 6.42 Å². The van der Waals surface area contributed by atoms with Crippen LogP contribution in [0.2, 0.25) is 0 Å². The number of carboxylic acids is 1. The van der Waals surface area contributed by atoms with Crippen molar-refractivity contribution >= 4 is 5.97 Å². The molecule has 0 aromatic carbocycles. The first-order valence-corrected chi connectivity index (χ1v) is 3.50. The second kappa shape index (κ2) is 4.28. The monoisotopic (exact) mass is 146 g/mol. The zero-order valence-electron chi connectivity index (χ0n) is 6.37. The summed E-state index contributed by atoms with van der Waals surface area (Å²) in [5.74, 6) is -1.57. The van der Waals surface area contributed by atoms with Crippen LogP contribution in [0.15, 0.2) is 0 Å². The molecule has 0 aliphatic rings. The summed E-state index contributed by atoms with van der Waals surface area (Å²) in [5.41, 5.74) is 0. The molecule has 2 N–H and O–H groups in total. The minimum absolute atomic E-state index is 0.563. The van der Waals surface area contributed by atoms with Gasteiger partial charge >= 0.3 is 5.97 Å². The van der Waals surface area contributed by atoms with E-state index in [2.05, 4.69) is 0 Å². The van der Waals surface area contributed by atoms with Crippen molar-refractivity contribution < 1.29 is 15.0 Å². The van der Waals surface area contributed by atoms with E-state index >= 15 is 0 Å². The van der Waals surface area contributed by atoms with E-state index in [4.69, 9.17) is 10.2 Å². The lowest BCUT2D eigenvalue weighted by Gasteiger charge is -2.12. The van der Waals surface area contributed by atoms with Crippen LogP contribution in [0.5, 0.6) is 0 Å². The van der Waals surface area contributed by atoms with Gasteiger partial charge < -0.3 is 10.2 Å². The Labute approximate surface area is 60.7 Å². The molecular formula is C7H14O3. The number of aliphatic hydroxyl groups is 1. The molecule has 0 radical (unpaired) electrons. The molecule has 0 bridgehead atoms. The summed E-state index contributed by atoms with van der Waals surface area (Å²) in [6, 6.07) is 0. The minimum atomic E-state index is -0.930. The van der Waals surface area contributed by atoms with Gasteiger partial charge in [0.05, 0.1) is 12.0 Å². The number of aliphatic carboxylic acids is 1. The van der Waals surface area contributed by atoms with Gasteiger partial charge in [-0.2, -0.15) is 0 Å². The first-order chi connectivity index (χ1) is 4.59. The Hall–Kier alpha value is -0.570. The van der Waals surface area contributed by atoms with Crippen molar-refractivity contribution in [3.05, 3.63) is 0 Å². The Bertz CT molecular complexity index is 111. The Morgan fingerprint density at radius 3 is 2.40 bits per heavy atom. The Morgan fingerprint density at radius 1 is 1.60 bits per heavy atom. The van der Waals surface area contributed by atoms with Crippen LogP contribution in [-0.4, -0.2) is 22.3 Å². The number of aliphatic hydroxyl groups excluding tert-OH is 1. The highest BCUT2D eigenvalue weighted by Crippen LogP contribution is 2.08. The number of hydrogen-bond donors (Lipinski definition) is 2. The molecule has 0 saturated carbocycles. The molecule has 0 aromatic heterocycles. The smallest absolute Gasteiger partial charge is 0.308 e. The fraction of sp³-hybridized carbons (Fsp3) is 0.857. The normalized spacial score (nSPS) is 16.3. The largest absolute Gasteiger partial charge is 0.481 e. The van der Waals surface area contributed by atoms with Gasteiger partial charge in [-0.25, -0.2) is 0 Å². The lowest BCUT2D eigenvalue weighted by Crippen LogP contribution is -2.24. The molecule has 10 heavy (non-hydrogen) atoms. The highest BCUT2D eigenvalue weighted by atomic mass is 16.4. The molecule has 0 aliphatic carbocycles. The molecule has 0 aromatic rings. The zero-order valence-corrected chi connectivity index (χ0v) is 6.37. The van der Waals surface area contributed by atoms with E-state index in [1.54, 1.807) is 0 Å². The van der Waals surface area contributed by atoms with Crippen molar-refractivity contribution in [3.63, 3.8) is 0 Å². The average Bonchev–Trinajstić information content (AvgIpc) is 1.87. The number of carboxylic acid groups (broad SMARTS) is 1. The van der Waals surface area contributed by atoms with Crippen molar-refractivity contribution in [3.8, 4) is 0 Å². The molecule has 0 fully saturated rings. The summed E-state index contributed by atoms with van der Waals surface area (Å²) >= 11 is 0. The van der Waals surface area contributed by atoms with Gasteiger partial charge in [0.1, 0.15) is 0 Å². The molecule has 0 amide bonds. The van der Waals surface area contributed by atoms with Crippen molar-refractivity contribution in [2.75, 3.05) is 0 Å². The van der Waals surface area contributed by atoms with Crippen LogP contribution in [-0.2, 0) is 4.79 Å². The van der Waals surface area contributed by atoms with Crippen LogP contribution in [0, 0.1) is 5.92 Å². The van der Waals surface area contributed by atoms with E-state index in [0.717, 1.165) is 6.42 Å². The fourth-order valence-electron chi connectivity index (χ4n) is 0.710. The predicted octanol–water partition coefficient (Wildman–Crippen LogP) is 0.868. The molecule has 0 unspecified atom stereocenters. The summed E-state index contributed by atoms with van der Waals surface area (Å²) in [4.78, 5) is 10.3. The molecule has 0 aliphatic heterocycles. The topological polar surface area (TPSA) is 57.5 Å². The van der Waals surface area contributed by atoms with Crippen LogP contribution in [0.4, 0.5) is 0 Å². The van der Waals surface area contributed by atoms with Crippen molar-refractivity contribution in [2.24, 2.45) is 5.92 Å².